The van der Waals surface area contributed by atoms with Crippen molar-refractivity contribution in [2.75, 3.05) is 5.73 Å². The van der Waals surface area contributed by atoms with E-state index >= 15 is 0 Å². The zero-order valence-electron chi connectivity index (χ0n) is 9.97. The second-order valence-electron chi connectivity index (χ2n) is 4.14. The van der Waals surface area contributed by atoms with Gasteiger partial charge in [0.1, 0.15) is 0 Å². The molecule has 18 heavy (non-hydrogen) atoms. The van der Waals surface area contributed by atoms with Gasteiger partial charge in [-0.15, -0.1) is 0 Å². The van der Waals surface area contributed by atoms with Crippen molar-refractivity contribution >= 4 is 11.7 Å². The van der Waals surface area contributed by atoms with Gasteiger partial charge in [0.2, 0.25) is 0 Å². The summed E-state index contributed by atoms with van der Waals surface area (Å²) < 4.78 is 0. The second kappa shape index (κ2) is 5.36. The molecular formula is C15H15NO2. The number of benzene rings is 2. The smallest absolute Gasteiger partial charge is 0.303 e. The third kappa shape index (κ3) is 2.69. The van der Waals surface area contributed by atoms with Crippen molar-refractivity contribution in [2.24, 2.45) is 0 Å². The highest BCUT2D eigenvalue weighted by atomic mass is 16.4. The lowest BCUT2D eigenvalue weighted by Crippen LogP contribution is -1.99. The van der Waals surface area contributed by atoms with Crippen molar-refractivity contribution in [2.45, 2.75) is 12.8 Å². The van der Waals surface area contributed by atoms with Gasteiger partial charge in [0.15, 0.2) is 0 Å². The van der Waals surface area contributed by atoms with Crippen LogP contribution in [0.2, 0.25) is 0 Å². The summed E-state index contributed by atoms with van der Waals surface area (Å²) in [6.07, 6.45) is 0.642. The van der Waals surface area contributed by atoms with E-state index in [2.05, 4.69) is 0 Å². The minimum Gasteiger partial charge on any atom is -0.481 e. The molecule has 0 aliphatic carbocycles. The summed E-state index contributed by atoms with van der Waals surface area (Å²) in [5.41, 5.74) is 9.65. The molecule has 0 bridgehead atoms. The van der Waals surface area contributed by atoms with Gasteiger partial charge >= 0.3 is 5.97 Å². The normalized spacial score (nSPS) is 10.2. The first-order valence-corrected chi connectivity index (χ1v) is 5.83. The molecule has 3 heteroatoms. The monoisotopic (exact) mass is 241 g/mol. The number of hydrogen-bond donors (Lipinski definition) is 2. The van der Waals surface area contributed by atoms with E-state index in [4.69, 9.17) is 10.8 Å². The number of hydrogen-bond acceptors (Lipinski definition) is 2. The van der Waals surface area contributed by atoms with Gasteiger partial charge in [0.05, 0.1) is 0 Å². The van der Waals surface area contributed by atoms with Gasteiger partial charge < -0.3 is 10.8 Å². The fourth-order valence-corrected chi connectivity index (χ4v) is 1.98. The highest BCUT2D eigenvalue weighted by molar-refractivity contribution is 5.78. The Morgan fingerprint density at radius 3 is 2.28 bits per heavy atom. The Morgan fingerprint density at radius 2 is 1.61 bits per heavy atom. The van der Waals surface area contributed by atoms with Crippen LogP contribution in [0.3, 0.4) is 0 Å². The van der Waals surface area contributed by atoms with E-state index in [9.17, 15) is 4.79 Å². The second-order valence-corrected chi connectivity index (χ2v) is 4.14. The quantitative estimate of drug-likeness (QED) is 0.809. The van der Waals surface area contributed by atoms with E-state index in [1.165, 1.54) is 0 Å². The molecule has 0 heterocycles. The lowest BCUT2D eigenvalue weighted by atomic mass is 9.96. The van der Waals surface area contributed by atoms with Crippen molar-refractivity contribution in [3.63, 3.8) is 0 Å². The zero-order valence-corrected chi connectivity index (χ0v) is 9.97. The Kier molecular flexibility index (Phi) is 3.63. The van der Waals surface area contributed by atoms with Crippen LogP contribution in [0.15, 0.2) is 48.5 Å². The van der Waals surface area contributed by atoms with E-state index in [-0.39, 0.29) is 6.42 Å². The molecule has 0 amide bonds. The van der Waals surface area contributed by atoms with Gasteiger partial charge in [0, 0.05) is 17.7 Å². The maximum atomic E-state index is 10.7. The van der Waals surface area contributed by atoms with Crippen LogP contribution in [0.1, 0.15) is 12.0 Å². The molecule has 2 aromatic carbocycles. The molecule has 92 valence electrons. The molecule has 0 atom stereocenters. The Hall–Kier alpha value is -2.29. The minimum absolute atomic E-state index is 0.129. The van der Waals surface area contributed by atoms with Crippen molar-refractivity contribution in [3.8, 4) is 11.1 Å². The summed E-state index contributed by atoms with van der Waals surface area (Å²) in [6, 6.07) is 15.4. The summed E-state index contributed by atoms with van der Waals surface area (Å²) in [4.78, 5) is 10.7. The molecule has 0 saturated carbocycles. The highest BCUT2D eigenvalue weighted by Crippen LogP contribution is 2.29. The van der Waals surface area contributed by atoms with Crippen LogP contribution < -0.4 is 5.73 Å². The van der Waals surface area contributed by atoms with Gasteiger partial charge in [-0.25, -0.2) is 0 Å². The van der Waals surface area contributed by atoms with Crippen LogP contribution in [-0.2, 0) is 11.2 Å². The SMILES string of the molecule is Nc1ccccc1-c1ccccc1CCC(=O)O. The van der Waals surface area contributed by atoms with Gasteiger partial charge in [-0.1, -0.05) is 42.5 Å². The first-order valence-electron chi connectivity index (χ1n) is 5.83. The number of nitrogen functional groups attached to an aromatic ring is 1. The Bertz CT molecular complexity index is 564. The van der Waals surface area contributed by atoms with Gasteiger partial charge in [-0.2, -0.15) is 0 Å². The number of para-hydroxylation sites is 1. The predicted molar refractivity (Wildman–Crippen MR) is 72.2 cm³/mol. The summed E-state index contributed by atoms with van der Waals surface area (Å²) in [6.45, 7) is 0. The lowest BCUT2D eigenvalue weighted by molar-refractivity contribution is -0.136. The van der Waals surface area contributed by atoms with Gasteiger partial charge in [-0.3, -0.25) is 4.79 Å². The van der Waals surface area contributed by atoms with E-state index in [1.807, 2.05) is 48.5 Å². The molecule has 0 aliphatic rings. The number of aryl methyl sites for hydroxylation is 1. The third-order valence-electron chi connectivity index (χ3n) is 2.88. The highest BCUT2D eigenvalue weighted by Gasteiger charge is 2.08. The number of rotatable bonds is 4. The molecule has 3 N–H and O–H groups in total. The average Bonchev–Trinajstić information content (AvgIpc) is 2.37. The summed E-state index contributed by atoms with van der Waals surface area (Å²) >= 11 is 0. The van der Waals surface area contributed by atoms with Crippen LogP contribution in [0.4, 0.5) is 5.69 Å². The molecule has 0 fully saturated rings. The van der Waals surface area contributed by atoms with Gasteiger partial charge in [-0.05, 0) is 23.6 Å². The molecule has 0 unspecified atom stereocenters. The first kappa shape index (κ1) is 12.2. The predicted octanol–water partition coefficient (Wildman–Crippen LogP) is 2.95. The number of anilines is 1. The molecule has 0 saturated heterocycles. The lowest BCUT2D eigenvalue weighted by Gasteiger charge is -2.10. The van der Waals surface area contributed by atoms with Crippen molar-refractivity contribution in [1.82, 2.24) is 0 Å². The molecule has 2 aromatic rings. The Balaban J connectivity index is 2.39. The molecule has 0 aliphatic heterocycles. The van der Waals surface area contributed by atoms with E-state index in [0.29, 0.717) is 12.1 Å². The third-order valence-corrected chi connectivity index (χ3v) is 2.88. The van der Waals surface area contributed by atoms with Crippen molar-refractivity contribution in [1.29, 1.82) is 0 Å². The standard InChI is InChI=1S/C15H15NO2/c16-14-8-4-3-7-13(14)12-6-2-1-5-11(12)9-10-15(17)18/h1-8H,9-10,16H2,(H,17,18). The number of carboxylic acid groups (broad SMARTS) is 1. The Labute approximate surface area is 106 Å². The molecule has 0 aromatic heterocycles. The fraction of sp³-hybridized carbons (Fsp3) is 0.133. The maximum absolute atomic E-state index is 10.7. The van der Waals surface area contributed by atoms with E-state index in [0.717, 1.165) is 16.7 Å². The van der Waals surface area contributed by atoms with E-state index < -0.39 is 5.97 Å². The number of nitrogens with two attached hydrogens (primary N) is 1. The van der Waals surface area contributed by atoms with E-state index in [1.54, 1.807) is 0 Å². The number of carbonyl (C=O) groups is 1. The molecule has 0 spiro atoms. The molecule has 2 rings (SSSR count). The van der Waals surface area contributed by atoms with Gasteiger partial charge in [0.25, 0.3) is 0 Å². The summed E-state index contributed by atoms with van der Waals surface area (Å²) in [7, 11) is 0. The van der Waals surface area contributed by atoms with Crippen LogP contribution in [-0.4, -0.2) is 11.1 Å². The topological polar surface area (TPSA) is 63.3 Å². The zero-order chi connectivity index (χ0) is 13.0. The summed E-state index contributed by atoms with van der Waals surface area (Å²) in [5.74, 6) is -0.786. The van der Waals surface area contributed by atoms with Crippen molar-refractivity contribution in [3.05, 3.63) is 54.1 Å². The molecule has 0 radical (unpaired) electrons. The van der Waals surface area contributed by atoms with Crippen LogP contribution in [0.25, 0.3) is 11.1 Å². The summed E-state index contributed by atoms with van der Waals surface area (Å²) in [5, 5.41) is 8.77. The first-order chi connectivity index (χ1) is 8.68. The largest absolute Gasteiger partial charge is 0.481 e. The maximum Gasteiger partial charge on any atom is 0.303 e. The van der Waals surface area contributed by atoms with Crippen LogP contribution in [0, 0.1) is 0 Å². The number of carboxylic acids is 1. The average molecular weight is 241 g/mol. The van der Waals surface area contributed by atoms with Crippen LogP contribution >= 0.6 is 0 Å². The Morgan fingerprint density at radius 1 is 1.00 bits per heavy atom. The fourth-order valence-electron chi connectivity index (χ4n) is 1.98. The van der Waals surface area contributed by atoms with Crippen LogP contribution in [0.5, 0.6) is 0 Å². The molecular weight excluding hydrogens is 226 g/mol. The molecule has 3 nitrogen and oxygen atoms in total. The minimum atomic E-state index is -0.786. The van der Waals surface area contributed by atoms with Crippen molar-refractivity contribution < 1.29 is 9.90 Å². The number of aliphatic carboxylic acids is 1.